The van der Waals surface area contributed by atoms with Crippen molar-refractivity contribution >= 4 is 52.1 Å². The number of rotatable bonds is 7. The number of hydrogen-bond acceptors (Lipinski definition) is 5. The Balaban J connectivity index is 1.62. The number of hydrogen-bond donors (Lipinski definition) is 0. The maximum absolute atomic E-state index is 14.0. The van der Waals surface area contributed by atoms with Crippen LogP contribution in [-0.2, 0) is 16.1 Å². The fraction of sp³-hybridized carbons (Fsp3) is 0.120. The maximum Gasteiger partial charge on any atom is 0.363 e. The van der Waals surface area contributed by atoms with Crippen LogP contribution in [-0.4, -0.2) is 18.5 Å². The Morgan fingerprint density at radius 1 is 1.12 bits per heavy atom. The largest absolute Gasteiger partial charge is 0.490 e. The molecular formula is C25H18ClFINO4. The summed E-state index contributed by atoms with van der Waals surface area (Å²) in [4.78, 5) is 16.5. The van der Waals surface area contributed by atoms with Crippen LogP contribution in [0.25, 0.3) is 6.08 Å². The van der Waals surface area contributed by atoms with E-state index in [0.717, 1.165) is 9.13 Å². The molecule has 0 N–H and O–H groups in total. The van der Waals surface area contributed by atoms with Crippen molar-refractivity contribution in [3.63, 3.8) is 0 Å². The van der Waals surface area contributed by atoms with Crippen LogP contribution in [0.2, 0.25) is 5.02 Å². The van der Waals surface area contributed by atoms with E-state index in [-0.39, 0.29) is 17.2 Å². The highest BCUT2D eigenvalue weighted by Gasteiger charge is 2.26. The first-order valence-corrected chi connectivity index (χ1v) is 11.5. The van der Waals surface area contributed by atoms with E-state index in [0.29, 0.717) is 35.3 Å². The third kappa shape index (κ3) is 5.54. The quantitative estimate of drug-likeness (QED) is 0.185. The normalized spacial score (nSPS) is 14.2. The van der Waals surface area contributed by atoms with Crippen molar-refractivity contribution in [3.05, 3.63) is 97.5 Å². The van der Waals surface area contributed by atoms with Crippen LogP contribution in [0.3, 0.4) is 0 Å². The van der Waals surface area contributed by atoms with Crippen molar-refractivity contribution < 1.29 is 23.4 Å². The number of cyclic esters (lactones) is 1. The number of halogens is 3. The smallest absolute Gasteiger partial charge is 0.363 e. The minimum Gasteiger partial charge on any atom is -0.490 e. The van der Waals surface area contributed by atoms with Crippen LogP contribution in [0.15, 0.2) is 71.4 Å². The highest BCUT2D eigenvalue weighted by Crippen LogP contribution is 2.36. The number of benzene rings is 3. The van der Waals surface area contributed by atoms with E-state index in [2.05, 4.69) is 27.6 Å². The van der Waals surface area contributed by atoms with Gasteiger partial charge >= 0.3 is 5.97 Å². The van der Waals surface area contributed by atoms with Gasteiger partial charge in [0.05, 0.1) is 15.7 Å². The summed E-state index contributed by atoms with van der Waals surface area (Å²) in [7, 11) is 0. The van der Waals surface area contributed by atoms with E-state index in [4.69, 9.17) is 25.8 Å². The van der Waals surface area contributed by atoms with E-state index in [9.17, 15) is 9.18 Å². The first kappa shape index (κ1) is 23.3. The fourth-order valence-corrected chi connectivity index (χ4v) is 4.17. The van der Waals surface area contributed by atoms with Crippen LogP contribution >= 0.6 is 34.2 Å². The lowest BCUT2D eigenvalue weighted by molar-refractivity contribution is -0.129. The summed E-state index contributed by atoms with van der Waals surface area (Å²) in [5, 5.41) is 0.636. The first-order valence-electron chi connectivity index (χ1n) is 10.1. The lowest BCUT2D eigenvalue weighted by Crippen LogP contribution is -2.07. The summed E-state index contributed by atoms with van der Waals surface area (Å²) in [5.41, 5.74) is 1.79. The molecule has 3 aromatic rings. The number of aliphatic imine (C=N–C) groups is 1. The SMILES string of the molecule is CCOc1cc(/C=C2\N=C(c3ccccc3F)OC2=O)cc(I)c1OCc1cccc(Cl)c1. The van der Waals surface area contributed by atoms with Gasteiger partial charge in [-0.25, -0.2) is 14.2 Å². The van der Waals surface area contributed by atoms with Crippen molar-refractivity contribution in [1.82, 2.24) is 0 Å². The second-order valence-electron chi connectivity index (χ2n) is 7.00. The molecule has 8 heteroatoms. The molecule has 0 saturated carbocycles. The molecule has 3 aromatic carbocycles. The molecule has 0 radical (unpaired) electrons. The van der Waals surface area contributed by atoms with Gasteiger partial charge in [0.1, 0.15) is 12.4 Å². The zero-order valence-corrected chi connectivity index (χ0v) is 20.4. The Morgan fingerprint density at radius 3 is 2.70 bits per heavy atom. The van der Waals surface area contributed by atoms with E-state index in [1.54, 1.807) is 30.3 Å². The molecule has 0 aliphatic carbocycles. The van der Waals surface area contributed by atoms with Crippen molar-refractivity contribution in [2.75, 3.05) is 6.61 Å². The molecular weight excluding hydrogens is 560 g/mol. The molecule has 4 rings (SSSR count). The topological polar surface area (TPSA) is 57.1 Å². The van der Waals surface area contributed by atoms with Gasteiger partial charge in [-0.3, -0.25) is 0 Å². The summed E-state index contributed by atoms with van der Waals surface area (Å²) >= 11 is 8.20. The van der Waals surface area contributed by atoms with Crippen LogP contribution in [0.1, 0.15) is 23.6 Å². The number of carbonyl (C=O) groups excluding carboxylic acids is 1. The van der Waals surface area contributed by atoms with Crippen LogP contribution in [0, 0.1) is 9.39 Å². The molecule has 1 aliphatic rings. The second kappa shape index (κ2) is 10.4. The Bertz CT molecular complexity index is 1280. The average molecular weight is 578 g/mol. The van der Waals surface area contributed by atoms with E-state index >= 15 is 0 Å². The van der Waals surface area contributed by atoms with Gasteiger partial charge in [-0.2, -0.15) is 0 Å². The highest BCUT2D eigenvalue weighted by atomic mass is 127. The predicted molar refractivity (Wildman–Crippen MR) is 133 cm³/mol. The van der Waals surface area contributed by atoms with Gasteiger partial charge in [0.15, 0.2) is 17.2 Å². The van der Waals surface area contributed by atoms with Crippen LogP contribution in [0.5, 0.6) is 11.5 Å². The van der Waals surface area contributed by atoms with Gasteiger partial charge < -0.3 is 14.2 Å². The maximum atomic E-state index is 14.0. The van der Waals surface area contributed by atoms with E-state index < -0.39 is 11.8 Å². The molecule has 0 unspecified atom stereocenters. The predicted octanol–water partition coefficient (Wildman–Crippen LogP) is 6.41. The highest BCUT2D eigenvalue weighted by molar-refractivity contribution is 14.1. The lowest BCUT2D eigenvalue weighted by Gasteiger charge is -2.15. The molecule has 5 nitrogen and oxygen atoms in total. The van der Waals surface area contributed by atoms with Gasteiger partial charge in [0.25, 0.3) is 0 Å². The molecule has 0 spiro atoms. The Labute approximate surface area is 209 Å². The molecule has 0 atom stereocenters. The fourth-order valence-electron chi connectivity index (χ4n) is 3.17. The molecule has 0 fully saturated rings. The summed E-state index contributed by atoms with van der Waals surface area (Å²) < 4.78 is 31.8. The van der Waals surface area contributed by atoms with Gasteiger partial charge in [0, 0.05) is 5.02 Å². The number of nitrogens with zero attached hydrogens (tertiary/aromatic N) is 1. The zero-order valence-electron chi connectivity index (χ0n) is 17.5. The molecule has 168 valence electrons. The van der Waals surface area contributed by atoms with Gasteiger partial charge in [-0.1, -0.05) is 35.9 Å². The van der Waals surface area contributed by atoms with Gasteiger partial charge in [-0.15, -0.1) is 0 Å². The van der Waals surface area contributed by atoms with Crippen molar-refractivity contribution in [2.45, 2.75) is 13.5 Å². The molecule has 1 heterocycles. The summed E-state index contributed by atoms with van der Waals surface area (Å²) in [6.07, 6.45) is 1.57. The molecule has 33 heavy (non-hydrogen) atoms. The third-order valence-corrected chi connectivity index (χ3v) is 5.67. The van der Waals surface area contributed by atoms with E-state index in [1.807, 2.05) is 31.2 Å². The van der Waals surface area contributed by atoms with Crippen molar-refractivity contribution in [1.29, 1.82) is 0 Å². The molecule has 1 aliphatic heterocycles. The van der Waals surface area contributed by atoms with Crippen LogP contribution in [0.4, 0.5) is 4.39 Å². The zero-order chi connectivity index (χ0) is 23.4. The first-order chi connectivity index (χ1) is 15.9. The average Bonchev–Trinajstić information content (AvgIpc) is 3.13. The Morgan fingerprint density at radius 2 is 1.94 bits per heavy atom. The van der Waals surface area contributed by atoms with Crippen molar-refractivity contribution in [2.24, 2.45) is 4.99 Å². The summed E-state index contributed by atoms with van der Waals surface area (Å²) in [5.74, 6) is -0.111. The van der Waals surface area contributed by atoms with Gasteiger partial charge in [0.2, 0.25) is 5.90 Å². The Kier molecular flexibility index (Phi) is 7.29. The number of carbonyl (C=O) groups is 1. The molecule has 0 amide bonds. The minimum atomic E-state index is -0.650. The minimum absolute atomic E-state index is 0.0643. The third-order valence-electron chi connectivity index (χ3n) is 4.63. The van der Waals surface area contributed by atoms with Gasteiger partial charge in [-0.05, 0) is 83.1 Å². The second-order valence-corrected chi connectivity index (χ2v) is 8.60. The van der Waals surface area contributed by atoms with Crippen molar-refractivity contribution in [3.8, 4) is 11.5 Å². The van der Waals surface area contributed by atoms with E-state index in [1.165, 1.54) is 12.1 Å². The Hall–Kier alpha value is -2.91. The monoisotopic (exact) mass is 577 g/mol. The standard InChI is InChI=1S/C25H18ClFINO4/c1-2-31-22-13-16(11-20(28)23(22)32-14-15-6-5-7-17(26)10-15)12-21-25(30)33-24(29-21)18-8-3-4-9-19(18)27/h3-13H,2,14H2,1H3/b21-12-. The molecule has 0 saturated heterocycles. The summed E-state index contributed by atoms with van der Waals surface area (Å²) in [6, 6.07) is 17.0. The number of ether oxygens (including phenoxy) is 3. The van der Waals surface area contributed by atoms with Crippen LogP contribution < -0.4 is 9.47 Å². The molecule has 0 aromatic heterocycles. The summed E-state index contributed by atoms with van der Waals surface area (Å²) in [6.45, 7) is 2.62. The number of esters is 1. The molecule has 0 bridgehead atoms. The lowest BCUT2D eigenvalue weighted by atomic mass is 10.1.